The van der Waals surface area contributed by atoms with Crippen molar-refractivity contribution >= 4 is 11.6 Å². The maximum absolute atomic E-state index is 6.19. The Balaban J connectivity index is 1.93. The molecular weight excluding hydrogens is 274 g/mol. The van der Waals surface area contributed by atoms with Crippen molar-refractivity contribution in [3.8, 4) is 5.75 Å². The van der Waals surface area contributed by atoms with E-state index in [0.717, 1.165) is 24.3 Å². The number of aromatic nitrogens is 2. The Bertz CT molecular complexity index is 556. The molecule has 5 heteroatoms. The largest absolute Gasteiger partial charge is 0.489 e. The average Bonchev–Trinajstić information content (AvgIpc) is 2.86. The van der Waals surface area contributed by atoms with Gasteiger partial charge in [0.25, 0.3) is 0 Å². The fraction of sp³-hybridized carbons (Fsp3) is 0.400. The molecule has 0 aliphatic rings. The fourth-order valence-electron chi connectivity index (χ4n) is 1.97. The summed E-state index contributed by atoms with van der Waals surface area (Å²) in [7, 11) is 0. The predicted octanol–water partition coefficient (Wildman–Crippen LogP) is 2.89. The summed E-state index contributed by atoms with van der Waals surface area (Å²) in [5, 5.41) is 4.91. The Hall–Kier alpha value is -1.52. The van der Waals surface area contributed by atoms with Crippen LogP contribution in [0.25, 0.3) is 0 Å². The van der Waals surface area contributed by atoms with Crippen LogP contribution in [-0.4, -0.2) is 21.9 Å². The van der Waals surface area contributed by atoms with Crippen molar-refractivity contribution in [1.29, 1.82) is 0 Å². The van der Waals surface area contributed by atoms with Crippen molar-refractivity contribution in [2.45, 2.75) is 39.0 Å². The van der Waals surface area contributed by atoms with Crippen molar-refractivity contribution in [3.05, 3.63) is 47.2 Å². The van der Waals surface area contributed by atoms with Crippen molar-refractivity contribution in [1.82, 2.24) is 9.78 Å². The molecule has 2 unspecified atom stereocenters. The Labute approximate surface area is 124 Å². The molecule has 1 heterocycles. The maximum Gasteiger partial charge on any atom is 0.121 e. The second-order valence-corrected chi connectivity index (χ2v) is 5.29. The van der Waals surface area contributed by atoms with Gasteiger partial charge >= 0.3 is 0 Å². The first-order chi connectivity index (χ1) is 9.58. The molecule has 2 N–H and O–H groups in total. The highest BCUT2D eigenvalue weighted by Gasteiger charge is 2.16. The number of hydrogen-bond acceptors (Lipinski definition) is 3. The highest BCUT2D eigenvalue weighted by atomic mass is 35.5. The summed E-state index contributed by atoms with van der Waals surface area (Å²) in [6.07, 6.45) is 4.52. The number of nitrogens with zero attached hydrogens (tertiary/aromatic N) is 2. The van der Waals surface area contributed by atoms with E-state index in [2.05, 4.69) is 12.0 Å². The third-order valence-electron chi connectivity index (χ3n) is 3.20. The number of aryl methyl sites for hydroxylation is 1. The number of ether oxygens (including phenoxy) is 1. The summed E-state index contributed by atoms with van der Waals surface area (Å²) < 4.78 is 7.72. The molecule has 0 saturated heterocycles. The van der Waals surface area contributed by atoms with Crippen LogP contribution in [0.5, 0.6) is 5.75 Å². The van der Waals surface area contributed by atoms with Crippen LogP contribution in [0.1, 0.15) is 19.4 Å². The van der Waals surface area contributed by atoms with E-state index >= 15 is 0 Å². The van der Waals surface area contributed by atoms with Crippen LogP contribution in [0.2, 0.25) is 5.02 Å². The summed E-state index contributed by atoms with van der Waals surface area (Å²) in [5.41, 5.74) is 7.32. The molecule has 0 bridgehead atoms. The number of rotatable bonds is 6. The van der Waals surface area contributed by atoms with Gasteiger partial charge in [0.2, 0.25) is 0 Å². The van der Waals surface area contributed by atoms with Gasteiger partial charge in [0.1, 0.15) is 11.9 Å². The first-order valence-corrected chi connectivity index (χ1v) is 7.15. The van der Waals surface area contributed by atoms with Crippen LogP contribution in [-0.2, 0) is 13.0 Å². The molecule has 0 aliphatic heterocycles. The van der Waals surface area contributed by atoms with E-state index in [1.807, 2.05) is 42.2 Å². The average molecular weight is 294 g/mol. The Morgan fingerprint density at radius 2 is 2.25 bits per heavy atom. The molecule has 0 radical (unpaired) electrons. The van der Waals surface area contributed by atoms with E-state index in [1.165, 1.54) is 0 Å². The first kappa shape index (κ1) is 14.9. The molecule has 0 saturated carbocycles. The van der Waals surface area contributed by atoms with Gasteiger partial charge in [-0.05, 0) is 44.0 Å². The maximum atomic E-state index is 6.19. The van der Waals surface area contributed by atoms with Crippen LogP contribution >= 0.6 is 11.6 Å². The normalized spacial score (nSPS) is 14.0. The zero-order valence-electron chi connectivity index (χ0n) is 11.8. The van der Waals surface area contributed by atoms with Crippen molar-refractivity contribution in [2.75, 3.05) is 0 Å². The van der Waals surface area contributed by atoms with Crippen molar-refractivity contribution in [3.63, 3.8) is 0 Å². The minimum atomic E-state index is -0.0987. The van der Waals surface area contributed by atoms with Gasteiger partial charge in [-0.1, -0.05) is 17.7 Å². The van der Waals surface area contributed by atoms with E-state index in [1.54, 1.807) is 6.07 Å². The lowest BCUT2D eigenvalue weighted by Gasteiger charge is -2.21. The van der Waals surface area contributed by atoms with E-state index in [0.29, 0.717) is 5.02 Å². The van der Waals surface area contributed by atoms with E-state index in [9.17, 15) is 0 Å². The van der Waals surface area contributed by atoms with Gasteiger partial charge < -0.3 is 10.5 Å². The van der Waals surface area contributed by atoms with Crippen LogP contribution in [0.15, 0.2) is 36.7 Å². The molecule has 0 fully saturated rings. The zero-order valence-corrected chi connectivity index (χ0v) is 12.5. The van der Waals surface area contributed by atoms with Gasteiger partial charge in [0, 0.05) is 23.8 Å². The Kier molecular flexibility index (Phi) is 5.04. The fourth-order valence-corrected chi connectivity index (χ4v) is 2.15. The lowest BCUT2D eigenvalue weighted by molar-refractivity contribution is 0.189. The van der Waals surface area contributed by atoms with Gasteiger partial charge in [-0.2, -0.15) is 5.10 Å². The molecule has 2 aromatic rings. The van der Waals surface area contributed by atoms with Crippen LogP contribution in [0, 0.1) is 0 Å². The molecule has 0 aliphatic carbocycles. The third kappa shape index (κ3) is 3.99. The molecular formula is C15H20ClN3O. The number of hydrogen-bond donors (Lipinski definition) is 1. The smallest absolute Gasteiger partial charge is 0.121 e. The number of halogens is 1. The minimum Gasteiger partial charge on any atom is -0.489 e. The van der Waals surface area contributed by atoms with Gasteiger partial charge in [-0.25, -0.2) is 0 Å². The van der Waals surface area contributed by atoms with Gasteiger partial charge in [-0.15, -0.1) is 0 Å². The molecule has 1 aromatic carbocycles. The molecule has 2 rings (SSSR count). The molecule has 108 valence electrons. The monoisotopic (exact) mass is 293 g/mol. The molecule has 2 atom stereocenters. The lowest BCUT2D eigenvalue weighted by atomic mass is 10.1. The van der Waals surface area contributed by atoms with Crippen LogP contribution in [0.4, 0.5) is 0 Å². The number of benzene rings is 1. The molecule has 0 amide bonds. The highest BCUT2D eigenvalue weighted by molar-refractivity contribution is 6.30. The standard InChI is InChI=1S/C15H20ClN3O/c1-3-19-10-12(9-18-19)7-15(17)11(2)20-14-6-4-5-13(16)8-14/h4-6,8-11,15H,3,7,17H2,1-2H3. The topological polar surface area (TPSA) is 53.1 Å². The van der Waals surface area contributed by atoms with Gasteiger partial charge in [-0.3, -0.25) is 4.68 Å². The molecule has 20 heavy (non-hydrogen) atoms. The minimum absolute atomic E-state index is 0.0940. The Morgan fingerprint density at radius 1 is 1.45 bits per heavy atom. The predicted molar refractivity (Wildman–Crippen MR) is 81.1 cm³/mol. The van der Waals surface area contributed by atoms with Gasteiger partial charge in [0.15, 0.2) is 0 Å². The summed E-state index contributed by atoms with van der Waals surface area (Å²) >= 11 is 5.93. The van der Waals surface area contributed by atoms with E-state index in [-0.39, 0.29) is 12.1 Å². The zero-order chi connectivity index (χ0) is 14.5. The van der Waals surface area contributed by atoms with Crippen molar-refractivity contribution < 1.29 is 4.74 Å². The Morgan fingerprint density at radius 3 is 2.90 bits per heavy atom. The molecule has 4 nitrogen and oxygen atoms in total. The summed E-state index contributed by atoms with van der Waals surface area (Å²) in [4.78, 5) is 0. The van der Waals surface area contributed by atoms with E-state index < -0.39 is 0 Å². The van der Waals surface area contributed by atoms with Crippen LogP contribution < -0.4 is 10.5 Å². The van der Waals surface area contributed by atoms with Gasteiger partial charge in [0.05, 0.1) is 6.20 Å². The first-order valence-electron chi connectivity index (χ1n) is 6.77. The lowest BCUT2D eigenvalue weighted by Crippen LogP contribution is -2.38. The quantitative estimate of drug-likeness (QED) is 0.891. The van der Waals surface area contributed by atoms with Crippen LogP contribution in [0.3, 0.4) is 0 Å². The SMILES string of the molecule is CCn1cc(CC(N)C(C)Oc2cccc(Cl)c2)cn1. The summed E-state index contributed by atoms with van der Waals surface area (Å²) in [6.45, 7) is 4.89. The molecule has 1 aromatic heterocycles. The second kappa shape index (κ2) is 6.77. The summed E-state index contributed by atoms with van der Waals surface area (Å²) in [5.74, 6) is 0.740. The van der Waals surface area contributed by atoms with Crippen molar-refractivity contribution in [2.24, 2.45) is 5.73 Å². The summed E-state index contributed by atoms with van der Waals surface area (Å²) in [6, 6.07) is 7.26. The third-order valence-corrected chi connectivity index (χ3v) is 3.44. The highest BCUT2D eigenvalue weighted by Crippen LogP contribution is 2.19. The molecule has 0 spiro atoms. The second-order valence-electron chi connectivity index (χ2n) is 4.85. The van der Waals surface area contributed by atoms with E-state index in [4.69, 9.17) is 22.1 Å². The number of nitrogens with two attached hydrogens (primary N) is 1.